The molecule has 0 spiro atoms. The quantitative estimate of drug-likeness (QED) is 0.827. The minimum absolute atomic E-state index is 0.229. The molecule has 0 aliphatic carbocycles. The number of nitrogens with zero attached hydrogens (tertiary/aromatic N) is 3. The summed E-state index contributed by atoms with van der Waals surface area (Å²) in [6.07, 6.45) is 0. The molecule has 1 saturated heterocycles. The van der Waals surface area contributed by atoms with Gasteiger partial charge in [0.1, 0.15) is 11.5 Å². The van der Waals surface area contributed by atoms with Crippen molar-refractivity contribution >= 4 is 11.5 Å². The first-order valence-corrected chi connectivity index (χ1v) is 7.66. The van der Waals surface area contributed by atoms with Crippen LogP contribution in [0.1, 0.15) is 5.56 Å². The predicted molar refractivity (Wildman–Crippen MR) is 91.0 cm³/mol. The normalized spacial score (nSPS) is 15.8. The molecule has 0 radical (unpaired) electrons. The van der Waals surface area contributed by atoms with E-state index < -0.39 is 11.2 Å². The summed E-state index contributed by atoms with van der Waals surface area (Å²) >= 11 is 0. The van der Waals surface area contributed by atoms with Crippen LogP contribution >= 0.6 is 0 Å². The van der Waals surface area contributed by atoms with Gasteiger partial charge in [0.05, 0.1) is 6.54 Å². The van der Waals surface area contributed by atoms with Gasteiger partial charge in [-0.1, -0.05) is 30.3 Å². The van der Waals surface area contributed by atoms with Gasteiger partial charge in [-0.25, -0.2) is 4.79 Å². The summed E-state index contributed by atoms with van der Waals surface area (Å²) in [5.74, 6) is 0.229. The molecule has 0 amide bonds. The van der Waals surface area contributed by atoms with Crippen molar-refractivity contribution in [2.45, 2.75) is 6.54 Å². The van der Waals surface area contributed by atoms with Crippen LogP contribution in [-0.2, 0) is 6.54 Å². The zero-order chi connectivity index (χ0) is 16.4. The van der Waals surface area contributed by atoms with E-state index in [4.69, 9.17) is 5.73 Å². The molecule has 1 aromatic carbocycles. The zero-order valence-electron chi connectivity index (χ0n) is 13.2. The third-order valence-electron chi connectivity index (χ3n) is 4.22. The lowest BCUT2D eigenvalue weighted by atomic mass is 10.2. The number of H-pyrrole nitrogens is 1. The van der Waals surface area contributed by atoms with Gasteiger partial charge in [-0.2, -0.15) is 0 Å². The molecule has 2 aromatic rings. The van der Waals surface area contributed by atoms with Crippen molar-refractivity contribution in [3.05, 3.63) is 56.7 Å². The van der Waals surface area contributed by atoms with Crippen LogP contribution in [0.2, 0.25) is 0 Å². The van der Waals surface area contributed by atoms with E-state index in [2.05, 4.69) is 9.88 Å². The van der Waals surface area contributed by atoms with E-state index in [-0.39, 0.29) is 5.82 Å². The zero-order valence-corrected chi connectivity index (χ0v) is 13.2. The number of aromatic nitrogens is 2. The highest BCUT2D eigenvalue weighted by Gasteiger charge is 2.22. The van der Waals surface area contributed by atoms with Gasteiger partial charge in [-0.05, 0) is 12.6 Å². The number of nitrogen functional groups attached to an aromatic ring is 1. The Balaban J connectivity index is 1.99. The summed E-state index contributed by atoms with van der Waals surface area (Å²) in [6.45, 7) is 3.48. The third-order valence-corrected chi connectivity index (χ3v) is 4.22. The molecule has 1 fully saturated rings. The fraction of sp³-hybridized carbons (Fsp3) is 0.375. The smallest absolute Gasteiger partial charge is 0.330 e. The van der Waals surface area contributed by atoms with Crippen molar-refractivity contribution in [1.82, 2.24) is 14.5 Å². The Morgan fingerprint density at radius 2 is 1.74 bits per heavy atom. The first kappa shape index (κ1) is 15.4. The number of benzene rings is 1. The van der Waals surface area contributed by atoms with Gasteiger partial charge in [0, 0.05) is 26.2 Å². The fourth-order valence-corrected chi connectivity index (χ4v) is 2.84. The minimum atomic E-state index is -0.478. The second-order valence-corrected chi connectivity index (χ2v) is 5.86. The van der Waals surface area contributed by atoms with E-state index in [1.54, 1.807) is 0 Å². The molecule has 3 rings (SSSR count). The molecule has 7 nitrogen and oxygen atoms in total. The number of piperazine rings is 1. The van der Waals surface area contributed by atoms with Crippen molar-refractivity contribution in [3.63, 3.8) is 0 Å². The van der Waals surface area contributed by atoms with Crippen molar-refractivity contribution in [2.75, 3.05) is 43.9 Å². The standard InChI is InChI=1S/C16H21N5O2/c1-19-7-9-20(10-8-19)13-14(17)21(16(23)18-15(13)22)11-12-5-3-2-4-6-12/h2-6H,7-11,17H2,1H3,(H,18,22,23). The van der Waals surface area contributed by atoms with Gasteiger partial charge in [0.2, 0.25) is 0 Å². The van der Waals surface area contributed by atoms with Crippen LogP contribution in [0.4, 0.5) is 11.5 Å². The summed E-state index contributed by atoms with van der Waals surface area (Å²) in [5.41, 5.74) is 6.65. The Bertz CT molecular complexity index is 788. The summed E-state index contributed by atoms with van der Waals surface area (Å²) in [6, 6.07) is 9.57. The lowest BCUT2D eigenvalue weighted by molar-refractivity contribution is 0.312. The highest BCUT2D eigenvalue weighted by Crippen LogP contribution is 2.18. The third kappa shape index (κ3) is 3.14. The monoisotopic (exact) mass is 315 g/mol. The van der Waals surface area contributed by atoms with E-state index in [0.29, 0.717) is 25.3 Å². The number of hydrogen-bond donors (Lipinski definition) is 2. The van der Waals surface area contributed by atoms with Crippen LogP contribution < -0.4 is 21.9 Å². The Hall–Kier alpha value is -2.54. The van der Waals surface area contributed by atoms with E-state index >= 15 is 0 Å². The van der Waals surface area contributed by atoms with Crippen LogP contribution in [-0.4, -0.2) is 47.7 Å². The molecule has 0 bridgehead atoms. The van der Waals surface area contributed by atoms with Crippen molar-refractivity contribution in [3.8, 4) is 0 Å². The van der Waals surface area contributed by atoms with E-state index in [0.717, 1.165) is 18.7 Å². The minimum Gasteiger partial charge on any atom is -0.383 e. The SMILES string of the molecule is CN1CCN(c2c(N)n(Cc3ccccc3)c(=O)[nH]c2=O)CC1. The van der Waals surface area contributed by atoms with Crippen molar-refractivity contribution in [1.29, 1.82) is 0 Å². The summed E-state index contributed by atoms with van der Waals surface area (Å²) < 4.78 is 1.42. The molecule has 0 saturated carbocycles. The molecule has 122 valence electrons. The maximum atomic E-state index is 12.2. The average molecular weight is 315 g/mol. The van der Waals surface area contributed by atoms with Gasteiger partial charge in [-0.3, -0.25) is 14.3 Å². The largest absolute Gasteiger partial charge is 0.383 e. The molecule has 23 heavy (non-hydrogen) atoms. The van der Waals surface area contributed by atoms with Crippen LogP contribution in [0, 0.1) is 0 Å². The molecule has 1 aliphatic rings. The van der Waals surface area contributed by atoms with Crippen LogP contribution in [0.3, 0.4) is 0 Å². The molecule has 1 aromatic heterocycles. The van der Waals surface area contributed by atoms with E-state index in [1.807, 2.05) is 42.3 Å². The topological polar surface area (TPSA) is 87.4 Å². The lowest BCUT2D eigenvalue weighted by Crippen LogP contribution is -2.48. The second kappa shape index (κ2) is 6.29. The van der Waals surface area contributed by atoms with E-state index in [1.165, 1.54) is 4.57 Å². The summed E-state index contributed by atoms with van der Waals surface area (Å²) in [7, 11) is 2.04. The van der Waals surface area contributed by atoms with Crippen LogP contribution in [0.5, 0.6) is 0 Å². The first-order chi connectivity index (χ1) is 11.1. The molecule has 7 heteroatoms. The Morgan fingerprint density at radius 3 is 2.39 bits per heavy atom. The average Bonchev–Trinajstić information content (AvgIpc) is 2.54. The number of nitrogens with one attached hydrogen (secondary N) is 1. The van der Waals surface area contributed by atoms with Crippen LogP contribution in [0.15, 0.2) is 39.9 Å². The van der Waals surface area contributed by atoms with Crippen LogP contribution in [0.25, 0.3) is 0 Å². The molecule has 1 aliphatic heterocycles. The first-order valence-electron chi connectivity index (χ1n) is 7.66. The van der Waals surface area contributed by atoms with Gasteiger partial charge in [0.25, 0.3) is 5.56 Å². The molecule has 3 N–H and O–H groups in total. The van der Waals surface area contributed by atoms with Gasteiger partial charge in [-0.15, -0.1) is 0 Å². The molecule has 0 atom stereocenters. The Morgan fingerprint density at radius 1 is 1.09 bits per heavy atom. The maximum Gasteiger partial charge on any atom is 0.330 e. The molecule has 2 heterocycles. The van der Waals surface area contributed by atoms with Gasteiger partial charge in [0.15, 0.2) is 0 Å². The molecule has 0 unspecified atom stereocenters. The number of aromatic amines is 1. The number of hydrogen-bond acceptors (Lipinski definition) is 5. The van der Waals surface area contributed by atoms with Gasteiger partial charge < -0.3 is 15.5 Å². The second-order valence-electron chi connectivity index (χ2n) is 5.86. The highest BCUT2D eigenvalue weighted by atomic mass is 16.2. The summed E-state index contributed by atoms with van der Waals surface area (Å²) in [5, 5.41) is 0. The number of rotatable bonds is 3. The Kier molecular flexibility index (Phi) is 4.20. The van der Waals surface area contributed by atoms with E-state index in [9.17, 15) is 9.59 Å². The summed E-state index contributed by atoms with van der Waals surface area (Å²) in [4.78, 5) is 30.9. The number of nitrogens with two attached hydrogens (primary N) is 1. The molecular formula is C16H21N5O2. The predicted octanol–water partition coefficient (Wildman–Crippen LogP) is -0.0811. The van der Waals surface area contributed by atoms with Crippen molar-refractivity contribution < 1.29 is 0 Å². The lowest BCUT2D eigenvalue weighted by Gasteiger charge is -2.34. The fourth-order valence-electron chi connectivity index (χ4n) is 2.84. The number of anilines is 2. The maximum absolute atomic E-state index is 12.2. The Labute approximate surface area is 134 Å². The highest BCUT2D eigenvalue weighted by molar-refractivity contribution is 5.62. The number of likely N-dealkylation sites (N-methyl/N-ethyl adjacent to an activating group) is 1. The molecular weight excluding hydrogens is 294 g/mol. The van der Waals surface area contributed by atoms with Crippen molar-refractivity contribution in [2.24, 2.45) is 0 Å². The van der Waals surface area contributed by atoms with Gasteiger partial charge >= 0.3 is 5.69 Å².